The summed E-state index contributed by atoms with van der Waals surface area (Å²) >= 11 is 1.51. The number of benzene rings is 1. The number of carbonyl (C=O) groups excluding carboxylic acids is 3. The summed E-state index contributed by atoms with van der Waals surface area (Å²) in [4.78, 5) is 45.3. The van der Waals surface area contributed by atoms with Crippen LogP contribution in [-0.2, 0) is 19.1 Å². The first-order chi connectivity index (χ1) is 16.5. The molecule has 1 N–H and O–H groups in total. The van der Waals surface area contributed by atoms with Crippen LogP contribution in [-0.4, -0.2) is 73.5 Å². The molecule has 0 aromatic heterocycles. The summed E-state index contributed by atoms with van der Waals surface area (Å²) in [7, 11) is 0. The van der Waals surface area contributed by atoms with Crippen LogP contribution >= 0.6 is 11.8 Å². The maximum Gasteiger partial charge on any atom is 0.311 e. The fraction of sp³-hybridized carbons (Fsp3) is 0.519. The van der Waals surface area contributed by atoms with Crippen molar-refractivity contribution >= 4 is 29.5 Å². The molecule has 0 bridgehead atoms. The number of carbonyl (C=O) groups is 3. The van der Waals surface area contributed by atoms with Crippen molar-refractivity contribution in [2.24, 2.45) is 11.8 Å². The molecule has 2 fully saturated rings. The van der Waals surface area contributed by atoms with E-state index in [9.17, 15) is 19.5 Å². The van der Waals surface area contributed by atoms with E-state index in [1.54, 1.807) is 9.80 Å². The van der Waals surface area contributed by atoms with Crippen molar-refractivity contribution in [2.45, 2.75) is 54.8 Å². The molecule has 4 heterocycles. The maximum atomic E-state index is 14.4. The fourth-order valence-corrected chi connectivity index (χ4v) is 8.40. The second kappa shape index (κ2) is 8.23. The Morgan fingerprint density at radius 3 is 2.46 bits per heavy atom. The second-order valence-corrected chi connectivity index (χ2v) is 12.7. The number of amides is 2. The van der Waals surface area contributed by atoms with Crippen LogP contribution in [0.3, 0.4) is 0 Å². The summed E-state index contributed by atoms with van der Waals surface area (Å²) in [5, 5.41) is 10.5. The van der Waals surface area contributed by atoms with Gasteiger partial charge < -0.3 is 19.6 Å². The Bertz CT molecular complexity index is 1110. The largest absolute Gasteiger partial charge is 0.461 e. The number of hydrogen-bond donors (Lipinski definition) is 1. The first-order valence-corrected chi connectivity index (χ1v) is 12.9. The van der Waals surface area contributed by atoms with Crippen molar-refractivity contribution in [3.8, 4) is 0 Å². The normalized spacial score (nSPS) is 35.2. The lowest BCUT2D eigenvalue weighted by Crippen LogP contribution is -2.58. The maximum absolute atomic E-state index is 14.4. The van der Waals surface area contributed by atoms with Crippen LogP contribution in [0.25, 0.3) is 0 Å². The van der Waals surface area contributed by atoms with E-state index in [0.29, 0.717) is 6.54 Å². The number of ether oxygens (including phenoxy) is 1. The van der Waals surface area contributed by atoms with E-state index in [1.165, 1.54) is 11.8 Å². The van der Waals surface area contributed by atoms with Gasteiger partial charge in [-0.2, -0.15) is 0 Å². The third kappa shape index (κ3) is 3.48. The van der Waals surface area contributed by atoms with Gasteiger partial charge in [-0.15, -0.1) is 11.8 Å². The molecule has 1 aromatic carbocycles. The quantitative estimate of drug-likeness (QED) is 0.512. The molecule has 8 heteroatoms. The lowest BCUT2D eigenvalue weighted by Gasteiger charge is -2.42. The van der Waals surface area contributed by atoms with Crippen molar-refractivity contribution in [2.75, 3.05) is 19.8 Å². The van der Waals surface area contributed by atoms with Gasteiger partial charge in [0, 0.05) is 16.8 Å². The molecule has 0 radical (unpaired) electrons. The van der Waals surface area contributed by atoms with E-state index in [1.807, 2.05) is 82.3 Å². The lowest BCUT2D eigenvalue weighted by atomic mass is 9.75. The first kappa shape index (κ1) is 24.1. The Morgan fingerprint density at radius 2 is 1.80 bits per heavy atom. The molecule has 4 aliphatic rings. The summed E-state index contributed by atoms with van der Waals surface area (Å²) in [6.07, 6.45) is 7.72. The van der Waals surface area contributed by atoms with Crippen LogP contribution in [0.2, 0.25) is 0 Å². The zero-order valence-electron chi connectivity index (χ0n) is 20.5. The van der Waals surface area contributed by atoms with Crippen LogP contribution in [0.5, 0.6) is 0 Å². The SMILES string of the molecule is CC(C)(C)N1CC=C[C@]23S[C@]4(C)C=CCOC(=O)[C@@H]4[C@H]2C(=O)N([C@H](CO)c2ccccc2)C3C1=O. The molecule has 186 valence electrons. The zero-order valence-corrected chi connectivity index (χ0v) is 21.3. The monoisotopic (exact) mass is 496 g/mol. The third-order valence-corrected chi connectivity index (χ3v) is 9.55. The van der Waals surface area contributed by atoms with Crippen molar-refractivity contribution in [3.63, 3.8) is 0 Å². The van der Waals surface area contributed by atoms with Gasteiger partial charge in [0.1, 0.15) is 12.6 Å². The highest BCUT2D eigenvalue weighted by Gasteiger charge is 2.74. The minimum absolute atomic E-state index is 0.169. The highest BCUT2D eigenvalue weighted by molar-refractivity contribution is 8.02. The summed E-state index contributed by atoms with van der Waals surface area (Å²) in [6.45, 7) is 8.13. The van der Waals surface area contributed by atoms with Crippen molar-refractivity contribution in [1.29, 1.82) is 0 Å². The second-order valence-electron chi connectivity index (χ2n) is 10.9. The van der Waals surface area contributed by atoms with Gasteiger partial charge in [0.25, 0.3) is 0 Å². The van der Waals surface area contributed by atoms with Crippen molar-refractivity contribution in [3.05, 3.63) is 60.2 Å². The van der Waals surface area contributed by atoms with E-state index in [4.69, 9.17) is 4.74 Å². The van der Waals surface area contributed by atoms with Gasteiger partial charge in [0.2, 0.25) is 11.8 Å². The molecule has 4 aliphatic heterocycles. The Hall–Kier alpha value is -2.58. The Kier molecular flexibility index (Phi) is 5.68. The first-order valence-electron chi connectivity index (χ1n) is 12.1. The number of nitrogens with zero attached hydrogens (tertiary/aromatic N) is 2. The van der Waals surface area contributed by atoms with Crippen molar-refractivity contribution < 1.29 is 24.2 Å². The average Bonchev–Trinajstić information content (AvgIpc) is 3.05. The molecular weight excluding hydrogens is 464 g/mol. The van der Waals surface area contributed by atoms with Crippen molar-refractivity contribution in [1.82, 2.24) is 9.80 Å². The van der Waals surface area contributed by atoms with Gasteiger partial charge in [-0.3, -0.25) is 14.4 Å². The summed E-state index contributed by atoms with van der Waals surface area (Å²) in [5.74, 6) is -2.40. The molecule has 1 aromatic rings. The third-order valence-electron chi connectivity index (χ3n) is 7.75. The highest BCUT2D eigenvalue weighted by Crippen LogP contribution is 2.66. The number of esters is 1. The minimum atomic E-state index is -0.962. The fourth-order valence-electron chi connectivity index (χ4n) is 6.26. The molecule has 7 nitrogen and oxygen atoms in total. The Morgan fingerprint density at radius 1 is 1.09 bits per heavy atom. The molecule has 6 atom stereocenters. The number of fused-ring (bicyclic) bond motifs is 2. The lowest BCUT2D eigenvalue weighted by molar-refractivity contribution is -0.153. The standard InChI is InChI=1S/C27H32N2O5S/c1-25(2,3)28-14-8-13-27-19(20-24(33)34-15-9-12-26(20,4)35-27)22(31)29(21(27)23(28)32)18(16-30)17-10-6-5-7-11-17/h5-13,18-21,30H,14-16H2,1-4H3/t18-,19+,20+,21?,26-,27+/m1/s1. The predicted octanol–water partition coefficient (Wildman–Crippen LogP) is 2.72. The van der Waals surface area contributed by atoms with E-state index >= 15 is 0 Å². The molecule has 1 spiro atoms. The molecule has 0 aliphatic carbocycles. The molecule has 1 unspecified atom stereocenters. The zero-order chi connectivity index (χ0) is 25.2. The predicted molar refractivity (Wildman–Crippen MR) is 133 cm³/mol. The highest BCUT2D eigenvalue weighted by atomic mass is 32.2. The van der Waals surface area contributed by atoms with Crippen LogP contribution in [0, 0.1) is 11.8 Å². The number of cyclic esters (lactones) is 1. The molecule has 0 saturated carbocycles. The number of rotatable bonds is 3. The van der Waals surface area contributed by atoms with E-state index in [-0.39, 0.29) is 25.0 Å². The molecule has 2 amide bonds. The van der Waals surface area contributed by atoms with E-state index < -0.39 is 44.9 Å². The molecule has 5 rings (SSSR count). The van der Waals surface area contributed by atoms with Crippen LogP contribution in [0.4, 0.5) is 0 Å². The average molecular weight is 497 g/mol. The van der Waals surface area contributed by atoms with Crippen LogP contribution in [0.15, 0.2) is 54.6 Å². The summed E-state index contributed by atoms with van der Waals surface area (Å²) < 4.78 is 3.82. The molecular formula is C27H32N2O5S. The number of aliphatic hydroxyl groups excluding tert-OH is 1. The van der Waals surface area contributed by atoms with Crippen LogP contribution < -0.4 is 0 Å². The number of aliphatic hydroxyl groups is 1. The topological polar surface area (TPSA) is 87.2 Å². The number of thioether (sulfide) groups is 1. The Labute approximate surface area is 210 Å². The van der Waals surface area contributed by atoms with Gasteiger partial charge in [-0.25, -0.2) is 0 Å². The Balaban J connectivity index is 1.72. The van der Waals surface area contributed by atoms with E-state index in [0.717, 1.165) is 5.56 Å². The van der Waals surface area contributed by atoms with Gasteiger partial charge in [-0.05, 0) is 39.3 Å². The minimum Gasteiger partial charge on any atom is -0.461 e. The summed E-state index contributed by atoms with van der Waals surface area (Å²) in [6, 6.07) is 7.70. The smallest absolute Gasteiger partial charge is 0.311 e. The van der Waals surface area contributed by atoms with Crippen LogP contribution in [0.1, 0.15) is 39.3 Å². The molecule has 2 saturated heterocycles. The van der Waals surface area contributed by atoms with Gasteiger partial charge in [0.05, 0.1) is 29.2 Å². The van der Waals surface area contributed by atoms with E-state index in [2.05, 4.69) is 0 Å². The van der Waals surface area contributed by atoms with Gasteiger partial charge in [0.15, 0.2) is 0 Å². The van der Waals surface area contributed by atoms with Gasteiger partial charge >= 0.3 is 5.97 Å². The van der Waals surface area contributed by atoms with Gasteiger partial charge in [-0.1, -0.05) is 48.6 Å². The number of likely N-dealkylation sites (tertiary alicyclic amines) is 1. The summed E-state index contributed by atoms with van der Waals surface area (Å²) in [5.41, 5.74) is 0.273. The molecule has 35 heavy (non-hydrogen) atoms. The number of hydrogen-bond acceptors (Lipinski definition) is 6.